The van der Waals surface area contributed by atoms with Gasteiger partial charge in [0.15, 0.2) is 0 Å². The van der Waals surface area contributed by atoms with Crippen molar-refractivity contribution in [2.45, 2.75) is 24.5 Å². The van der Waals surface area contributed by atoms with Gasteiger partial charge in [-0.2, -0.15) is 5.26 Å². The van der Waals surface area contributed by atoms with Crippen LogP contribution in [0.1, 0.15) is 18.4 Å². The van der Waals surface area contributed by atoms with Crippen molar-refractivity contribution in [3.63, 3.8) is 0 Å². The van der Waals surface area contributed by atoms with E-state index in [0.29, 0.717) is 19.6 Å². The van der Waals surface area contributed by atoms with Gasteiger partial charge in [0.2, 0.25) is 0 Å². The first-order valence-corrected chi connectivity index (χ1v) is 6.19. The summed E-state index contributed by atoms with van der Waals surface area (Å²) in [6.45, 7) is 1.89. The summed E-state index contributed by atoms with van der Waals surface area (Å²) in [6, 6.07) is 11.6. The predicted octanol–water partition coefficient (Wildman–Crippen LogP) is 1.56. The fraction of sp³-hybridized carbons (Fsp3) is 0.500. The molecule has 1 aliphatic rings. The van der Waals surface area contributed by atoms with Crippen LogP contribution in [0.4, 0.5) is 0 Å². The van der Waals surface area contributed by atoms with E-state index in [1.54, 1.807) is 0 Å². The highest BCUT2D eigenvalue weighted by atomic mass is 16.5. The molecule has 1 saturated heterocycles. The minimum absolute atomic E-state index is 0.156. The molecule has 4 nitrogen and oxygen atoms in total. The maximum atomic E-state index is 9.28. The molecule has 18 heavy (non-hydrogen) atoms. The zero-order valence-electron chi connectivity index (χ0n) is 10.3. The highest BCUT2D eigenvalue weighted by molar-refractivity contribution is 5.30. The summed E-state index contributed by atoms with van der Waals surface area (Å²) in [5.74, 6) is 0. The van der Waals surface area contributed by atoms with Gasteiger partial charge in [-0.3, -0.25) is 0 Å². The van der Waals surface area contributed by atoms with Crippen molar-refractivity contribution < 1.29 is 9.47 Å². The summed E-state index contributed by atoms with van der Waals surface area (Å²) in [6.07, 6.45) is 1.57. The van der Waals surface area contributed by atoms with Crippen molar-refractivity contribution in [3.05, 3.63) is 35.9 Å². The van der Waals surface area contributed by atoms with Crippen LogP contribution in [0.25, 0.3) is 0 Å². The summed E-state index contributed by atoms with van der Waals surface area (Å²) in [4.78, 5) is 0. The minimum atomic E-state index is -0.972. The molecule has 0 spiro atoms. The number of nitrogens with two attached hydrogens (primary N) is 1. The predicted molar refractivity (Wildman–Crippen MR) is 67.7 cm³/mol. The van der Waals surface area contributed by atoms with Gasteiger partial charge in [0.1, 0.15) is 5.54 Å². The second kappa shape index (κ2) is 5.96. The van der Waals surface area contributed by atoms with Gasteiger partial charge in [0, 0.05) is 13.0 Å². The third-order valence-corrected chi connectivity index (χ3v) is 3.23. The molecule has 2 rings (SSSR count). The van der Waals surface area contributed by atoms with E-state index in [-0.39, 0.29) is 6.10 Å². The Morgan fingerprint density at radius 2 is 2.22 bits per heavy atom. The van der Waals surface area contributed by atoms with Crippen LogP contribution >= 0.6 is 0 Å². The van der Waals surface area contributed by atoms with Crippen molar-refractivity contribution in [2.75, 3.05) is 19.8 Å². The van der Waals surface area contributed by atoms with E-state index in [1.807, 2.05) is 30.3 Å². The Morgan fingerprint density at radius 3 is 2.83 bits per heavy atom. The van der Waals surface area contributed by atoms with E-state index in [0.717, 1.165) is 18.6 Å². The van der Waals surface area contributed by atoms with Gasteiger partial charge in [-0.05, 0) is 12.0 Å². The number of nitrogens with zero attached hydrogens (tertiary/aromatic N) is 1. The molecule has 1 aromatic carbocycles. The van der Waals surface area contributed by atoms with Gasteiger partial charge in [-0.15, -0.1) is 0 Å². The van der Waals surface area contributed by atoms with E-state index < -0.39 is 5.54 Å². The van der Waals surface area contributed by atoms with E-state index in [4.69, 9.17) is 15.2 Å². The van der Waals surface area contributed by atoms with Crippen LogP contribution in [-0.4, -0.2) is 25.9 Å². The fourth-order valence-electron chi connectivity index (χ4n) is 2.03. The van der Waals surface area contributed by atoms with E-state index in [2.05, 4.69) is 6.07 Å². The molecule has 2 N–H and O–H groups in total. The van der Waals surface area contributed by atoms with Crippen molar-refractivity contribution in [3.8, 4) is 6.07 Å². The summed E-state index contributed by atoms with van der Waals surface area (Å²) in [5, 5.41) is 9.28. The zero-order valence-corrected chi connectivity index (χ0v) is 10.3. The van der Waals surface area contributed by atoms with E-state index in [9.17, 15) is 5.26 Å². The molecule has 96 valence electrons. The van der Waals surface area contributed by atoms with Gasteiger partial charge in [-0.25, -0.2) is 0 Å². The Kier molecular flexibility index (Phi) is 4.32. The average Bonchev–Trinajstić information content (AvgIpc) is 2.93. The summed E-state index contributed by atoms with van der Waals surface area (Å²) in [7, 11) is 0. The molecule has 0 radical (unpaired) electrons. The molecule has 0 amide bonds. The summed E-state index contributed by atoms with van der Waals surface area (Å²) >= 11 is 0. The third-order valence-electron chi connectivity index (χ3n) is 3.23. The smallest absolute Gasteiger partial charge is 0.132 e. The molecular weight excluding hydrogens is 228 g/mol. The Hall–Kier alpha value is -1.41. The van der Waals surface area contributed by atoms with Crippen LogP contribution in [0.3, 0.4) is 0 Å². The number of rotatable bonds is 5. The summed E-state index contributed by atoms with van der Waals surface area (Å²) < 4.78 is 10.9. The Morgan fingerprint density at radius 1 is 1.44 bits per heavy atom. The monoisotopic (exact) mass is 246 g/mol. The number of ether oxygens (including phenoxy) is 2. The largest absolute Gasteiger partial charge is 0.379 e. The molecule has 1 aromatic rings. The molecule has 2 atom stereocenters. The van der Waals surface area contributed by atoms with Gasteiger partial charge in [-0.1, -0.05) is 30.3 Å². The minimum Gasteiger partial charge on any atom is -0.379 e. The topological polar surface area (TPSA) is 68.3 Å². The standard InChI is InChI=1S/C14H18N2O2/c15-11-14(16,12-4-2-1-3-5-12)7-9-18-13-6-8-17-10-13/h1-5,13H,6-10,16H2. The van der Waals surface area contributed by atoms with Crippen LogP contribution in [0, 0.1) is 11.3 Å². The molecule has 2 unspecified atom stereocenters. The Labute approximate surface area is 107 Å². The molecule has 0 aromatic heterocycles. The fourth-order valence-corrected chi connectivity index (χ4v) is 2.03. The first-order valence-electron chi connectivity index (χ1n) is 6.19. The highest BCUT2D eigenvalue weighted by Gasteiger charge is 2.27. The maximum Gasteiger partial charge on any atom is 0.132 e. The zero-order chi connectivity index (χ0) is 12.8. The lowest BCUT2D eigenvalue weighted by Crippen LogP contribution is -2.36. The molecule has 1 aliphatic heterocycles. The number of hydrogen-bond acceptors (Lipinski definition) is 4. The molecule has 0 aliphatic carbocycles. The Balaban J connectivity index is 1.90. The Bertz CT molecular complexity index is 410. The van der Waals surface area contributed by atoms with Crippen LogP contribution in [0.5, 0.6) is 0 Å². The van der Waals surface area contributed by atoms with Crippen molar-refractivity contribution >= 4 is 0 Å². The van der Waals surface area contributed by atoms with Crippen molar-refractivity contribution in [1.82, 2.24) is 0 Å². The molecule has 0 saturated carbocycles. The average molecular weight is 246 g/mol. The lowest BCUT2D eigenvalue weighted by Gasteiger charge is -2.22. The third kappa shape index (κ3) is 3.08. The molecule has 1 fully saturated rings. The second-order valence-corrected chi connectivity index (χ2v) is 4.56. The van der Waals surface area contributed by atoms with Crippen LogP contribution in [-0.2, 0) is 15.0 Å². The number of hydrogen-bond donors (Lipinski definition) is 1. The van der Waals surface area contributed by atoms with Crippen LogP contribution in [0.2, 0.25) is 0 Å². The number of benzene rings is 1. The first-order chi connectivity index (χ1) is 8.74. The first kappa shape index (κ1) is 13.0. The summed E-state index contributed by atoms with van der Waals surface area (Å²) in [5.41, 5.74) is 5.99. The van der Waals surface area contributed by atoms with Crippen molar-refractivity contribution in [1.29, 1.82) is 5.26 Å². The van der Waals surface area contributed by atoms with Crippen molar-refractivity contribution in [2.24, 2.45) is 5.73 Å². The van der Waals surface area contributed by atoms with Crippen LogP contribution in [0.15, 0.2) is 30.3 Å². The van der Waals surface area contributed by atoms with E-state index in [1.165, 1.54) is 0 Å². The van der Waals surface area contributed by atoms with E-state index >= 15 is 0 Å². The van der Waals surface area contributed by atoms with Gasteiger partial charge in [0.25, 0.3) is 0 Å². The molecule has 4 heteroatoms. The SMILES string of the molecule is N#CC(N)(CCOC1CCOC1)c1ccccc1. The van der Waals surface area contributed by atoms with Gasteiger partial charge in [0.05, 0.1) is 25.4 Å². The second-order valence-electron chi connectivity index (χ2n) is 4.56. The molecular formula is C14H18N2O2. The maximum absolute atomic E-state index is 9.28. The molecule has 0 bridgehead atoms. The van der Waals surface area contributed by atoms with Gasteiger partial charge < -0.3 is 15.2 Å². The number of nitriles is 1. The van der Waals surface area contributed by atoms with Gasteiger partial charge >= 0.3 is 0 Å². The van der Waals surface area contributed by atoms with Crippen LogP contribution < -0.4 is 5.73 Å². The molecule has 1 heterocycles. The normalized spacial score (nSPS) is 22.3. The lowest BCUT2D eigenvalue weighted by molar-refractivity contribution is 0.0359. The lowest BCUT2D eigenvalue weighted by atomic mass is 9.89. The highest BCUT2D eigenvalue weighted by Crippen LogP contribution is 2.22. The quantitative estimate of drug-likeness (QED) is 0.856.